The van der Waals surface area contributed by atoms with Crippen LogP contribution in [-0.2, 0) is 9.53 Å². The first-order valence-corrected chi connectivity index (χ1v) is 10.9. The number of aryl methyl sites for hydroxylation is 1. The first kappa shape index (κ1) is 21.1. The van der Waals surface area contributed by atoms with Crippen molar-refractivity contribution in [1.29, 1.82) is 0 Å². The lowest BCUT2D eigenvalue weighted by Gasteiger charge is -2.28. The lowest BCUT2D eigenvalue weighted by molar-refractivity contribution is -0.116. The maximum Gasteiger partial charge on any atom is 0.276 e. The number of nitrogens with zero attached hydrogens (tertiary/aromatic N) is 3. The number of carbonyl (C=O) groups is 2. The molecular formula is C22H24N4O4S. The molecule has 0 aliphatic carbocycles. The van der Waals surface area contributed by atoms with Gasteiger partial charge in [0, 0.05) is 31.5 Å². The van der Waals surface area contributed by atoms with Crippen LogP contribution in [0.15, 0.2) is 46.2 Å². The monoisotopic (exact) mass is 440 g/mol. The second-order valence-corrected chi connectivity index (χ2v) is 8.20. The molecule has 1 saturated heterocycles. The predicted octanol–water partition coefficient (Wildman–Crippen LogP) is 3.26. The number of hydrogen-bond donors (Lipinski definition) is 1. The largest absolute Gasteiger partial charge is 0.440 e. The Morgan fingerprint density at radius 1 is 1.19 bits per heavy atom. The average Bonchev–Trinajstić information content (AvgIpc) is 3.44. The van der Waals surface area contributed by atoms with Gasteiger partial charge in [0.15, 0.2) is 5.69 Å². The Hall–Kier alpha value is -3.17. The molecular weight excluding hydrogens is 416 g/mol. The average molecular weight is 441 g/mol. The van der Waals surface area contributed by atoms with E-state index >= 15 is 0 Å². The van der Waals surface area contributed by atoms with Crippen molar-refractivity contribution in [2.45, 2.75) is 6.92 Å². The second-order valence-electron chi connectivity index (χ2n) is 7.26. The first-order chi connectivity index (χ1) is 15.0. The number of benzene rings is 1. The van der Waals surface area contributed by atoms with Crippen LogP contribution in [0.1, 0.15) is 16.2 Å². The molecule has 0 bridgehead atoms. The van der Waals surface area contributed by atoms with Gasteiger partial charge in [0.05, 0.1) is 24.6 Å². The highest BCUT2D eigenvalue weighted by Crippen LogP contribution is 2.26. The molecule has 1 aromatic carbocycles. The molecule has 0 saturated carbocycles. The topological polar surface area (TPSA) is 87.9 Å². The Balaban J connectivity index is 1.34. The van der Waals surface area contributed by atoms with E-state index in [9.17, 15) is 9.59 Å². The highest BCUT2D eigenvalue weighted by Gasteiger charge is 2.23. The zero-order valence-electron chi connectivity index (χ0n) is 17.5. The van der Waals surface area contributed by atoms with Crippen molar-refractivity contribution in [3.63, 3.8) is 0 Å². The highest BCUT2D eigenvalue weighted by atomic mass is 32.1. The number of likely N-dealkylation sites (N-methyl/N-ethyl adjacent to an activating group) is 1. The maximum atomic E-state index is 12.8. The van der Waals surface area contributed by atoms with Gasteiger partial charge in [-0.15, -0.1) is 11.3 Å². The van der Waals surface area contributed by atoms with Crippen LogP contribution in [0, 0.1) is 6.92 Å². The summed E-state index contributed by atoms with van der Waals surface area (Å²) in [6.45, 7) is 4.76. The van der Waals surface area contributed by atoms with Crippen molar-refractivity contribution in [2.75, 3.05) is 50.1 Å². The highest BCUT2D eigenvalue weighted by molar-refractivity contribution is 7.13. The molecule has 4 rings (SSSR count). The van der Waals surface area contributed by atoms with Crippen LogP contribution in [0.4, 0.5) is 11.4 Å². The number of anilines is 2. The number of carbonyl (C=O) groups excluding carboxylic acids is 2. The lowest BCUT2D eigenvalue weighted by Crippen LogP contribution is -2.36. The number of hydrogen-bond acceptors (Lipinski definition) is 7. The minimum atomic E-state index is -0.359. The summed E-state index contributed by atoms with van der Waals surface area (Å²) in [5, 5.41) is 4.75. The fourth-order valence-electron chi connectivity index (χ4n) is 3.35. The number of nitrogens with one attached hydrogen (secondary N) is 1. The van der Waals surface area contributed by atoms with Crippen LogP contribution < -0.4 is 10.2 Å². The number of thiophene rings is 1. The first-order valence-electron chi connectivity index (χ1n) is 10.0. The summed E-state index contributed by atoms with van der Waals surface area (Å²) in [5.74, 6) is 0.199. The number of ether oxygens (including phenoxy) is 1. The molecule has 1 N–H and O–H groups in total. The van der Waals surface area contributed by atoms with Crippen LogP contribution in [0.5, 0.6) is 0 Å². The molecule has 31 heavy (non-hydrogen) atoms. The fraction of sp³-hybridized carbons (Fsp3) is 0.318. The van der Waals surface area contributed by atoms with E-state index in [2.05, 4.69) is 15.2 Å². The Morgan fingerprint density at radius 3 is 2.61 bits per heavy atom. The molecule has 9 heteroatoms. The van der Waals surface area contributed by atoms with Crippen molar-refractivity contribution in [3.05, 3.63) is 53.2 Å². The van der Waals surface area contributed by atoms with E-state index in [1.54, 1.807) is 14.0 Å². The minimum Gasteiger partial charge on any atom is -0.440 e. The standard InChI is InChI=1S/C22H24N4O4S/c1-15-20(24-21(30-15)18-4-3-13-31-18)22(28)25(2)14-19(27)23-16-5-7-17(8-6-16)26-9-11-29-12-10-26/h3-8,13H,9-12,14H2,1-2H3,(H,23,27). The smallest absolute Gasteiger partial charge is 0.276 e. The van der Waals surface area contributed by atoms with Gasteiger partial charge in [0.2, 0.25) is 11.8 Å². The predicted molar refractivity (Wildman–Crippen MR) is 120 cm³/mol. The van der Waals surface area contributed by atoms with E-state index in [0.717, 1.165) is 36.9 Å². The Labute approximate surface area is 184 Å². The summed E-state index contributed by atoms with van der Waals surface area (Å²) >= 11 is 1.49. The summed E-state index contributed by atoms with van der Waals surface area (Å²) in [5.41, 5.74) is 1.99. The molecule has 3 heterocycles. The van der Waals surface area contributed by atoms with Crippen LogP contribution in [-0.4, -0.2) is 61.6 Å². The van der Waals surface area contributed by atoms with Crippen molar-refractivity contribution >= 4 is 34.5 Å². The normalized spacial score (nSPS) is 13.8. The van der Waals surface area contributed by atoms with Crippen LogP contribution in [0.25, 0.3) is 10.8 Å². The molecule has 0 spiro atoms. The van der Waals surface area contributed by atoms with Gasteiger partial charge in [0.25, 0.3) is 5.91 Å². The minimum absolute atomic E-state index is 0.0926. The molecule has 0 atom stereocenters. The SMILES string of the molecule is Cc1oc(-c2cccs2)nc1C(=O)N(C)CC(=O)Nc1ccc(N2CCOCC2)cc1. The third-order valence-electron chi connectivity index (χ3n) is 4.99. The van der Waals surface area contributed by atoms with Gasteiger partial charge < -0.3 is 24.3 Å². The molecule has 8 nitrogen and oxygen atoms in total. The summed E-state index contributed by atoms with van der Waals surface area (Å²) < 4.78 is 11.0. The Morgan fingerprint density at radius 2 is 1.94 bits per heavy atom. The summed E-state index contributed by atoms with van der Waals surface area (Å²) in [7, 11) is 1.57. The van der Waals surface area contributed by atoms with Crippen molar-refractivity contribution in [2.24, 2.45) is 0 Å². The summed E-state index contributed by atoms with van der Waals surface area (Å²) in [4.78, 5) is 34.0. The van der Waals surface area contributed by atoms with E-state index < -0.39 is 0 Å². The fourth-order valence-corrected chi connectivity index (χ4v) is 4.00. The third kappa shape index (κ3) is 4.95. The zero-order valence-corrected chi connectivity index (χ0v) is 18.3. The number of rotatable bonds is 6. The van der Waals surface area contributed by atoms with Gasteiger partial charge in [-0.3, -0.25) is 9.59 Å². The molecule has 1 fully saturated rings. The Bertz CT molecular complexity index is 1040. The van der Waals surface area contributed by atoms with E-state index in [0.29, 0.717) is 17.3 Å². The number of morpholine rings is 1. The van der Waals surface area contributed by atoms with Crippen LogP contribution in [0.2, 0.25) is 0 Å². The molecule has 2 aromatic heterocycles. The van der Waals surface area contributed by atoms with Gasteiger partial charge in [-0.1, -0.05) is 6.07 Å². The van der Waals surface area contributed by atoms with Crippen LogP contribution in [0.3, 0.4) is 0 Å². The van der Waals surface area contributed by atoms with E-state index in [1.165, 1.54) is 16.2 Å². The van der Waals surface area contributed by atoms with Gasteiger partial charge in [-0.2, -0.15) is 0 Å². The molecule has 0 unspecified atom stereocenters. The van der Waals surface area contributed by atoms with E-state index in [4.69, 9.17) is 9.15 Å². The van der Waals surface area contributed by atoms with Gasteiger partial charge in [0.1, 0.15) is 5.76 Å². The zero-order chi connectivity index (χ0) is 21.8. The van der Waals surface area contributed by atoms with Gasteiger partial charge in [-0.25, -0.2) is 4.98 Å². The summed E-state index contributed by atoms with van der Waals surface area (Å²) in [6, 6.07) is 11.4. The second kappa shape index (κ2) is 9.32. The van der Waals surface area contributed by atoms with E-state index in [1.807, 2.05) is 41.8 Å². The molecule has 162 valence electrons. The Kier molecular flexibility index (Phi) is 6.34. The number of amides is 2. The van der Waals surface area contributed by atoms with Crippen molar-refractivity contribution in [1.82, 2.24) is 9.88 Å². The molecule has 0 radical (unpaired) electrons. The van der Waals surface area contributed by atoms with Crippen molar-refractivity contribution in [3.8, 4) is 10.8 Å². The number of aromatic nitrogens is 1. The lowest BCUT2D eigenvalue weighted by atomic mass is 10.2. The van der Waals surface area contributed by atoms with Crippen LogP contribution >= 0.6 is 11.3 Å². The van der Waals surface area contributed by atoms with Crippen molar-refractivity contribution < 1.29 is 18.7 Å². The van der Waals surface area contributed by atoms with Gasteiger partial charge in [-0.05, 0) is 42.6 Å². The third-order valence-corrected chi connectivity index (χ3v) is 5.84. The number of oxazole rings is 1. The molecule has 2 amide bonds. The van der Waals surface area contributed by atoms with E-state index in [-0.39, 0.29) is 24.1 Å². The molecule has 1 aliphatic heterocycles. The molecule has 1 aliphatic rings. The quantitative estimate of drug-likeness (QED) is 0.633. The summed E-state index contributed by atoms with van der Waals surface area (Å²) in [6.07, 6.45) is 0. The van der Waals surface area contributed by atoms with Gasteiger partial charge >= 0.3 is 0 Å². The maximum absolute atomic E-state index is 12.8. The molecule has 3 aromatic rings.